The quantitative estimate of drug-likeness (QED) is 0.419. The van der Waals surface area contributed by atoms with Crippen molar-refractivity contribution in [1.29, 1.82) is 5.26 Å². The van der Waals surface area contributed by atoms with Crippen molar-refractivity contribution in [3.63, 3.8) is 0 Å². The minimum Gasteiger partial charge on any atom is -0.460 e. The number of nitriles is 1. The predicted molar refractivity (Wildman–Crippen MR) is 123 cm³/mol. The van der Waals surface area contributed by atoms with E-state index >= 15 is 0 Å². The van der Waals surface area contributed by atoms with Crippen LogP contribution in [0.2, 0.25) is 0 Å². The highest BCUT2D eigenvalue weighted by molar-refractivity contribution is 5.80. The lowest BCUT2D eigenvalue weighted by atomic mass is 9.83. The number of carbonyl (C=O) groups excluding carboxylic acids is 1. The lowest BCUT2D eigenvalue weighted by Gasteiger charge is -2.29. The highest BCUT2D eigenvalue weighted by Gasteiger charge is 2.26. The van der Waals surface area contributed by atoms with Crippen LogP contribution >= 0.6 is 0 Å². The van der Waals surface area contributed by atoms with Gasteiger partial charge >= 0.3 is 5.97 Å². The molecule has 10 heteroatoms. The average molecular weight is 484 g/mol. The Kier molecular flexibility index (Phi) is 6.96. The van der Waals surface area contributed by atoms with E-state index in [1.165, 1.54) is 6.33 Å². The second kappa shape index (κ2) is 9.94. The van der Waals surface area contributed by atoms with Crippen molar-refractivity contribution in [3.05, 3.63) is 41.9 Å². The maximum absolute atomic E-state index is 13.7. The Labute approximate surface area is 201 Å². The first-order valence-electron chi connectivity index (χ1n) is 11.6. The lowest BCUT2D eigenvalue weighted by Crippen LogP contribution is -2.25. The first-order chi connectivity index (χ1) is 16.6. The van der Waals surface area contributed by atoms with Crippen molar-refractivity contribution in [2.75, 3.05) is 0 Å². The minimum absolute atomic E-state index is 0.106. The van der Waals surface area contributed by atoms with Gasteiger partial charge in [-0.2, -0.15) is 10.4 Å². The minimum atomic E-state index is -1.13. The molecule has 1 aliphatic carbocycles. The lowest BCUT2D eigenvalue weighted by molar-refractivity contribution is -0.155. The van der Waals surface area contributed by atoms with Crippen molar-refractivity contribution in [2.24, 2.45) is 5.92 Å². The fraction of sp³-hybridized carbons (Fsp3) is 0.480. The second-order valence-electron chi connectivity index (χ2n) is 9.78. The van der Waals surface area contributed by atoms with E-state index in [-0.39, 0.29) is 29.2 Å². The number of halogens is 2. The van der Waals surface area contributed by atoms with Gasteiger partial charge < -0.3 is 9.47 Å². The standard InChI is InChI=1S/C25H27F2N5O3/c1-25(2,3)35-22(33)9-6-15-4-7-17(8-5-15)32-23-18(13-31-32)24(30-14-29-23)34-21-11-20(27)19(26)10-16(21)12-28/h10-11,13-15,17H,4-9H2,1-3H3. The normalized spacial score (nSPS) is 18.3. The molecule has 184 valence electrons. The molecule has 0 bridgehead atoms. The van der Waals surface area contributed by atoms with Crippen molar-refractivity contribution < 1.29 is 23.0 Å². The Morgan fingerprint density at radius 3 is 2.57 bits per heavy atom. The molecular formula is C25H27F2N5O3. The highest BCUT2D eigenvalue weighted by Crippen LogP contribution is 2.37. The number of esters is 1. The van der Waals surface area contributed by atoms with E-state index in [9.17, 15) is 18.8 Å². The fourth-order valence-corrected chi connectivity index (χ4v) is 4.39. The fourth-order valence-electron chi connectivity index (χ4n) is 4.39. The van der Waals surface area contributed by atoms with Crippen LogP contribution in [0.25, 0.3) is 11.0 Å². The van der Waals surface area contributed by atoms with E-state index in [1.807, 2.05) is 25.5 Å². The number of nitrogens with zero attached hydrogens (tertiary/aromatic N) is 5. The third-order valence-electron chi connectivity index (χ3n) is 6.04. The summed E-state index contributed by atoms with van der Waals surface area (Å²) in [5.74, 6) is -1.99. The van der Waals surface area contributed by atoms with Gasteiger partial charge in [0.1, 0.15) is 29.1 Å². The van der Waals surface area contributed by atoms with E-state index in [0.717, 1.165) is 44.2 Å². The Morgan fingerprint density at radius 2 is 1.89 bits per heavy atom. The number of rotatable bonds is 6. The molecule has 1 aromatic carbocycles. The topological polar surface area (TPSA) is 103 Å². The molecule has 0 amide bonds. The largest absolute Gasteiger partial charge is 0.460 e. The van der Waals surface area contributed by atoms with Crippen LogP contribution < -0.4 is 4.74 Å². The molecule has 0 aliphatic heterocycles. The SMILES string of the molecule is CC(C)(C)OC(=O)CCC1CCC(n2ncc3c(Oc4cc(F)c(F)cc4C#N)ncnc32)CC1. The highest BCUT2D eigenvalue weighted by atomic mass is 19.2. The Morgan fingerprint density at radius 1 is 1.17 bits per heavy atom. The van der Waals surface area contributed by atoms with Crippen LogP contribution in [0.15, 0.2) is 24.7 Å². The molecule has 8 nitrogen and oxygen atoms in total. The van der Waals surface area contributed by atoms with Crippen LogP contribution in [0, 0.1) is 28.9 Å². The first kappa shape index (κ1) is 24.5. The van der Waals surface area contributed by atoms with Gasteiger partial charge in [-0.25, -0.2) is 23.4 Å². The maximum atomic E-state index is 13.7. The van der Waals surface area contributed by atoms with Gasteiger partial charge in [0.15, 0.2) is 17.3 Å². The number of carbonyl (C=O) groups is 1. The number of ether oxygens (including phenoxy) is 2. The first-order valence-corrected chi connectivity index (χ1v) is 11.6. The van der Waals surface area contributed by atoms with Gasteiger partial charge in [-0.15, -0.1) is 0 Å². The van der Waals surface area contributed by atoms with Crippen molar-refractivity contribution >= 4 is 17.0 Å². The van der Waals surface area contributed by atoms with Crippen LogP contribution in [0.5, 0.6) is 11.6 Å². The summed E-state index contributed by atoms with van der Waals surface area (Å²) in [6.07, 6.45) is 7.80. The molecule has 2 heterocycles. The number of benzene rings is 1. The summed E-state index contributed by atoms with van der Waals surface area (Å²) < 4.78 is 40.1. The van der Waals surface area contributed by atoms with E-state index in [1.54, 1.807) is 12.3 Å². The van der Waals surface area contributed by atoms with Crippen LogP contribution in [0.3, 0.4) is 0 Å². The molecule has 1 saturated carbocycles. The molecule has 3 aromatic rings. The molecule has 1 aliphatic rings. The Hall–Kier alpha value is -3.61. The van der Waals surface area contributed by atoms with Gasteiger partial charge in [0, 0.05) is 12.5 Å². The van der Waals surface area contributed by atoms with Gasteiger partial charge in [0.25, 0.3) is 0 Å². The zero-order chi connectivity index (χ0) is 25.2. The smallest absolute Gasteiger partial charge is 0.306 e. The predicted octanol–water partition coefficient (Wildman–Crippen LogP) is 5.62. The van der Waals surface area contributed by atoms with Gasteiger partial charge in [-0.1, -0.05) is 0 Å². The molecule has 0 spiro atoms. The Bertz CT molecular complexity index is 1270. The van der Waals surface area contributed by atoms with Gasteiger partial charge in [0.05, 0.1) is 17.8 Å². The van der Waals surface area contributed by atoms with Crippen LogP contribution in [0.1, 0.15) is 70.9 Å². The van der Waals surface area contributed by atoms with Gasteiger partial charge in [0.2, 0.25) is 5.88 Å². The number of hydrogen-bond acceptors (Lipinski definition) is 7. The third-order valence-corrected chi connectivity index (χ3v) is 6.04. The third kappa shape index (κ3) is 5.73. The van der Waals surface area contributed by atoms with Crippen molar-refractivity contribution in [2.45, 2.75) is 70.9 Å². The van der Waals surface area contributed by atoms with Crippen LogP contribution in [-0.4, -0.2) is 31.3 Å². The second-order valence-corrected chi connectivity index (χ2v) is 9.78. The molecule has 0 unspecified atom stereocenters. The molecule has 2 aromatic heterocycles. The molecule has 35 heavy (non-hydrogen) atoms. The zero-order valence-corrected chi connectivity index (χ0v) is 19.9. The molecule has 0 N–H and O–H groups in total. The van der Waals surface area contributed by atoms with Crippen LogP contribution in [-0.2, 0) is 9.53 Å². The van der Waals surface area contributed by atoms with E-state index < -0.39 is 17.2 Å². The van der Waals surface area contributed by atoms with Crippen molar-refractivity contribution in [3.8, 4) is 17.7 Å². The summed E-state index contributed by atoms with van der Waals surface area (Å²) in [5.41, 5.74) is -0.0532. The number of hydrogen-bond donors (Lipinski definition) is 0. The molecule has 0 radical (unpaired) electrons. The van der Waals surface area contributed by atoms with Crippen molar-refractivity contribution in [1.82, 2.24) is 19.7 Å². The molecule has 4 rings (SSSR count). The zero-order valence-electron chi connectivity index (χ0n) is 19.9. The summed E-state index contributed by atoms with van der Waals surface area (Å²) in [6, 6.07) is 3.54. The molecule has 0 atom stereocenters. The summed E-state index contributed by atoms with van der Waals surface area (Å²) in [7, 11) is 0. The van der Waals surface area contributed by atoms with Gasteiger partial charge in [-0.05, 0) is 64.9 Å². The Balaban J connectivity index is 1.44. The van der Waals surface area contributed by atoms with E-state index in [4.69, 9.17) is 9.47 Å². The number of aromatic nitrogens is 4. The molecular weight excluding hydrogens is 456 g/mol. The van der Waals surface area contributed by atoms with Crippen LogP contribution in [0.4, 0.5) is 8.78 Å². The van der Waals surface area contributed by atoms with E-state index in [2.05, 4.69) is 15.1 Å². The monoisotopic (exact) mass is 483 g/mol. The summed E-state index contributed by atoms with van der Waals surface area (Å²) in [6.45, 7) is 5.60. The van der Waals surface area contributed by atoms with E-state index in [0.29, 0.717) is 23.4 Å². The van der Waals surface area contributed by atoms with Gasteiger partial charge in [-0.3, -0.25) is 4.79 Å². The molecule has 0 saturated heterocycles. The summed E-state index contributed by atoms with van der Waals surface area (Å²) in [4.78, 5) is 20.5. The summed E-state index contributed by atoms with van der Waals surface area (Å²) in [5, 5.41) is 14.2. The molecule has 1 fully saturated rings. The maximum Gasteiger partial charge on any atom is 0.306 e. The average Bonchev–Trinajstić information content (AvgIpc) is 3.24. The number of fused-ring (bicyclic) bond motifs is 1. The summed E-state index contributed by atoms with van der Waals surface area (Å²) >= 11 is 0.